The fraction of sp³-hybridized carbons (Fsp3) is 0. The van der Waals surface area contributed by atoms with Gasteiger partial charge in [-0.3, -0.25) is 0 Å². The SMILES string of the molecule is c1ccc2cc3c(cc2c1)c1ccccc1n3-c1cc2oc3ccccc3c2cc1-c1nc(-c2ccc3c(ccc4ccccc43)c2)nc(-c2cccc3ccccc23)n1. The van der Waals surface area contributed by atoms with Gasteiger partial charge in [-0.25, -0.2) is 15.0 Å². The molecular formula is C55H32N4O. The first-order chi connectivity index (χ1) is 29.7. The van der Waals surface area contributed by atoms with E-state index in [0.717, 1.165) is 71.5 Å². The van der Waals surface area contributed by atoms with Crippen molar-refractivity contribution in [2.24, 2.45) is 0 Å². The molecule has 0 aliphatic rings. The lowest BCUT2D eigenvalue weighted by Crippen LogP contribution is -2.04. The lowest BCUT2D eigenvalue weighted by atomic mass is 10.00. The number of hydrogen-bond acceptors (Lipinski definition) is 4. The van der Waals surface area contributed by atoms with Crippen LogP contribution in [-0.4, -0.2) is 19.5 Å². The van der Waals surface area contributed by atoms with Crippen molar-refractivity contribution in [1.82, 2.24) is 19.5 Å². The maximum absolute atomic E-state index is 6.62. The Morgan fingerprint density at radius 3 is 1.78 bits per heavy atom. The Kier molecular flexibility index (Phi) is 6.95. The van der Waals surface area contributed by atoms with Gasteiger partial charge in [-0.1, -0.05) is 152 Å². The van der Waals surface area contributed by atoms with Gasteiger partial charge in [0.25, 0.3) is 0 Å². The Balaban J connectivity index is 1.14. The molecule has 13 aromatic rings. The Morgan fingerprint density at radius 1 is 0.317 bits per heavy atom. The van der Waals surface area contributed by atoms with E-state index >= 15 is 0 Å². The summed E-state index contributed by atoms with van der Waals surface area (Å²) >= 11 is 0. The standard InChI is InChI=1S/C55H32N4O/c1-2-15-36-30-49-45(29-35(36)14-1)42-19-7-9-22-48(42)59(49)50-32-52-46(43-20-8-10-23-51(43)60-52)31-47(50)55-57-53(56-54(58-55)44-21-11-16-33-12-3-6-18-40(33)44)38-26-27-41-37(28-38)25-24-34-13-4-5-17-39(34)41/h1-32H. The monoisotopic (exact) mass is 764 g/mol. The quantitative estimate of drug-likeness (QED) is 0.167. The summed E-state index contributed by atoms with van der Waals surface area (Å²) in [5, 5.41) is 13.7. The molecule has 10 aromatic carbocycles. The molecule has 60 heavy (non-hydrogen) atoms. The molecule has 3 heterocycles. The lowest BCUT2D eigenvalue weighted by Gasteiger charge is -2.16. The molecule has 0 aliphatic heterocycles. The van der Waals surface area contributed by atoms with Crippen LogP contribution in [-0.2, 0) is 0 Å². The van der Waals surface area contributed by atoms with E-state index < -0.39 is 0 Å². The minimum atomic E-state index is 0.579. The number of benzene rings is 10. The largest absolute Gasteiger partial charge is 0.456 e. The number of aromatic nitrogens is 4. The minimum absolute atomic E-state index is 0.579. The maximum atomic E-state index is 6.62. The van der Waals surface area contributed by atoms with Gasteiger partial charge in [-0.2, -0.15) is 0 Å². The van der Waals surface area contributed by atoms with Gasteiger partial charge in [-0.05, 0) is 79.5 Å². The van der Waals surface area contributed by atoms with E-state index in [1.807, 2.05) is 12.1 Å². The van der Waals surface area contributed by atoms with Crippen molar-refractivity contribution in [3.05, 3.63) is 194 Å². The molecule has 0 spiro atoms. The molecule has 0 N–H and O–H groups in total. The minimum Gasteiger partial charge on any atom is -0.456 e. The summed E-state index contributed by atoms with van der Waals surface area (Å²) in [5.41, 5.74) is 7.48. The zero-order valence-electron chi connectivity index (χ0n) is 32.2. The summed E-state index contributed by atoms with van der Waals surface area (Å²) in [5.74, 6) is 1.80. The Hall–Kier alpha value is -8.15. The summed E-state index contributed by atoms with van der Waals surface area (Å²) < 4.78 is 8.98. The summed E-state index contributed by atoms with van der Waals surface area (Å²) in [6.07, 6.45) is 0. The van der Waals surface area contributed by atoms with E-state index in [4.69, 9.17) is 19.4 Å². The normalized spacial score (nSPS) is 12.0. The number of nitrogens with zero attached hydrogens (tertiary/aromatic N) is 4. The first-order valence-electron chi connectivity index (χ1n) is 20.3. The van der Waals surface area contributed by atoms with Crippen LogP contribution in [0, 0.1) is 0 Å². The number of rotatable bonds is 4. The third-order valence-corrected chi connectivity index (χ3v) is 12.2. The van der Waals surface area contributed by atoms with E-state index in [1.165, 1.54) is 37.7 Å². The van der Waals surface area contributed by atoms with Crippen LogP contribution in [0.3, 0.4) is 0 Å². The highest BCUT2D eigenvalue weighted by Crippen LogP contribution is 2.42. The van der Waals surface area contributed by atoms with Gasteiger partial charge in [0.1, 0.15) is 11.2 Å². The van der Waals surface area contributed by atoms with Gasteiger partial charge in [0.2, 0.25) is 0 Å². The fourth-order valence-electron chi connectivity index (χ4n) is 9.36. The smallest absolute Gasteiger partial charge is 0.166 e. The highest BCUT2D eigenvalue weighted by atomic mass is 16.3. The second-order valence-electron chi connectivity index (χ2n) is 15.6. The zero-order valence-corrected chi connectivity index (χ0v) is 32.2. The van der Waals surface area contributed by atoms with Crippen LogP contribution in [0.2, 0.25) is 0 Å². The predicted molar refractivity (Wildman–Crippen MR) is 248 cm³/mol. The zero-order chi connectivity index (χ0) is 39.3. The van der Waals surface area contributed by atoms with Gasteiger partial charge in [-0.15, -0.1) is 0 Å². The van der Waals surface area contributed by atoms with Crippen molar-refractivity contribution in [3.8, 4) is 39.9 Å². The van der Waals surface area contributed by atoms with Crippen molar-refractivity contribution in [2.45, 2.75) is 0 Å². The topological polar surface area (TPSA) is 56.7 Å². The van der Waals surface area contributed by atoms with E-state index in [-0.39, 0.29) is 0 Å². The van der Waals surface area contributed by atoms with Crippen molar-refractivity contribution in [1.29, 1.82) is 0 Å². The van der Waals surface area contributed by atoms with Crippen LogP contribution < -0.4 is 0 Å². The molecule has 0 saturated heterocycles. The first-order valence-corrected chi connectivity index (χ1v) is 20.3. The van der Waals surface area contributed by atoms with E-state index in [1.54, 1.807) is 0 Å². The molecule has 0 unspecified atom stereocenters. The Morgan fingerprint density at radius 2 is 0.933 bits per heavy atom. The molecule has 5 nitrogen and oxygen atoms in total. The molecule has 0 fully saturated rings. The summed E-state index contributed by atoms with van der Waals surface area (Å²) in [7, 11) is 0. The third-order valence-electron chi connectivity index (χ3n) is 12.2. The number of fused-ring (bicyclic) bond motifs is 11. The van der Waals surface area contributed by atoms with Gasteiger partial charge >= 0.3 is 0 Å². The molecule has 0 saturated carbocycles. The van der Waals surface area contributed by atoms with Crippen molar-refractivity contribution < 1.29 is 4.42 Å². The van der Waals surface area contributed by atoms with Crippen LogP contribution in [0.4, 0.5) is 0 Å². The molecule has 0 bridgehead atoms. The van der Waals surface area contributed by atoms with Gasteiger partial charge in [0.05, 0.1) is 16.7 Å². The van der Waals surface area contributed by atoms with Crippen molar-refractivity contribution in [2.75, 3.05) is 0 Å². The van der Waals surface area contributed by atoms with Gasteiger partial charge in [0.15, 0.2) is 17.5 Å². The first kappa shape index (κ1) is 32.9. The predicted octanol–water partition coefficient (Wildman–Crippen LogP) is 14.5. The number of furan rings is 1. The molecule has 278 valence electrons. The Bertz CT molecular complexity index is 3910. The lowest BCUT2D eigenvalue weighted by molar-refractivity contribution is 0.668. The van der Waals surface area contributed by atoms with E-state index in [0.29, 0.717) is 17.5 Å². The summed E-state index contributed by atoms with van der Waals surface area (Å²) in [6.45, 7) is 0. The van der Waals surface area contributed by atoms with Crippen LogP contribution in [0.1, 0.15) is 0 Å². The third kappa shape index (κ3) is 4.96. The van der Waals surface area contributed by atoms with Crippen LogP contribution in [0.5, 0.6) is 0 Å². The number of hydrogen-bond donors (Lipinski definition) is 0. The van der Waals surface area contributed by atoms with E-state index in [9.17, 15) is 0 Å². The van der Waals surface area contributed by atoms with Crippen LogP contribution in [0.15, 0.2) is 199 Å². The van der Waals surface area contributed by atoms with Crippen LogP contribution >= 0.6 is 0 Å². The molecule has 5 heteroatoms. The average molecular weight is 765 g/mol. The van der Waals surface area contributed by atoms with Gasteiger partial charge < -0.3 is 8.98 Å². The molecule has 13 rings (SSSR count). The summed E-state index contributed by atoms with van der Waals surface area (Å²) in [4.78, 5) is 16.2. The second kappa shape index (κ2) is 12.7. The molecule has 0 radical (unpaired) electrons. The highest BCUT2D eigenvalue weighted by Gasteiger charge is 2.23. The molecular weight excluding hydrogens is 733 g/mol. The van der Waals surface area contributed by atoms with Crippen molar-refractivity contribution in [3.63, 3.8) is 0 Å². The molecule has 3 aromatic heterocycles. The molecule has 0 amide bonds. The van der Waals surface area contributed by atoms with Crippen LogP contribution in [0.25, 0.3) is 127 Å². The highest BCUT2D eigenvalue weighted by molar-refractivity contribution is 6.15. The second-order valence-corrected chi connectivity index (χ2v) is 15.6. The molecule has 0 atom stereocenters. The van der Waals surface area contributed by atoms with Crippen molar-refractivity contribution >= 4 is 86.8 Å². The molecule has 0 aliphatic carbocycles. The average Bonchev–Trinajstić information content (AvgIpc) is 3.84. The Labute approximate surface area is 343 Å². The van der Waals surface area contributed by atoms with E-state index in [2.05, 4.69) is 187 Å². The fourth-order valence-corrected chi connectivity index (χ4v) is 9.36. The van der Waals surface area contributed by atoms with Gasteiger partial charge in [0, 0.05) is 44.3 Å². The maximum Gasteiger partial charge on any atom is 0.166 e. The summed E-state index contributed by atoms with van der Waals surface area (Å²) in [6, 6.07) is 68.7. The number of para-hydroxylation sites is 2.